The number of rotatable bonds is 4. The summed E-state index contributed by atoms with van der Waals surface area (Å²) >= 11 is 2.96. The molecule has 0 saturated carbocycles. The van der Waals surface area contributed by atoms with Gasteiger partial charge in [-0.2, -0.15) is 0 Å². The van der Waals surface area contributed by atoms with Crippen molar-refractivity contribution < 1.29 is 19.4 Å². The highest BCUT2D eigenvalue weighted by atomic mass is 79.9. The molecule has 0 fully saturated rings. The Hall–Kier alpha value is -0.980. The largest absolute Gasteiger partial charge is 0.390 e. The molecule has 1 rings (SSSR count). The fourth-order valence-corrected chi connectivity index (χ4v) is 1.48. The van der Waals surface area contributed by atoms with Crippen LogP contribution in [0.5, 0.6) is 0 Å². The summed E-state index contributed by atoms with van der Waals surface area (Å²) in [5.41, 5.74) is 5.06. The first-order valence-electron chi connectivity index (χ1n) is 4.51. The first kappa shape index (κ1) is 13.1. The predicted octanol–water partition coefficient (Wildman–Crippen LogP) is 0.858. The SMILES string of the molecule is NC(=O)CC(O)C(O)c1ccc(Br)c(F)c1. The van der Waals surface area contributed by atoms with E-state index in [4.69, 9.17) is 5.73 Å². The van der Waals surface area contributed by atoms with Crippen molar-refractivity contribution in [2.24, 2.45) is 5.73 Å². The van der Waals surface area contributed by atoms with Crippen molar-refractivity contribution in [3.05, 3.63) is 34.1 Å². The number of aliphatic hydroxyl groups excluding tert-OH is 2. The van der Waals surface area contributed by atoms with E-state index in [1.807, 2.05) is 0 Å². The van der Waals surface area contributed by atoms with Gasteiger partial charge in [0.25, 0.3) is 0 Å². The molecule has 0 aliphatic carbocycles. The zero-order chi connectivity index (χ0) is 12.3. The van der Waals surface area contributed by atoms with Crippen LogP contribution in [-0.4, -0.2) is 22.2 Å². The molecule has 0 aliphatic heterocycles. The third-order valence-electron chi connectivity index (χ3n) is 2.06. The Morgan fingerprint density at radius 2 is 2.12 bits per heavy atom. The summed E-state index contributed by atoms with van der Waals surface area (Å²) in [6.45, 7) is 0. The van der Waals surface area contributed by atoms with Crippen LogP contribution < -0.4 is 5.73 Å². The lowest BCUT2D eigenvalue weighted by Crippen LogP contribution is -2.25. The predicted molar refractivity (Wildman–Crippen MR) is 58.9 cm³/mol. The van der Waals surface area contributed by atoms with Crippen LogP contribution in [0.25, 0.3) is 0 Å². The number of carbonyl (C=O) groups excluding carboxylic acids is 1. The molecular formula is C10H11BrFNO3. The van der Waals surface area contributed by atoms with Crippen molar-refractivity contribution in [2.45, 2.75) is 18.6 Å². The summed E-state index contributed by atoms with van der Waals surface area (Å²) in [4.78, 5) is 10.5. The van der Waals surface area contributed by atoms with Crippen LogP contribution in [0.1, 0.15) is 18.1 Å². The van der Waals surface area contributed by atoms with E-state index >= 15 is 0 Å². The highest BCUT2D eigenvalue weighted by molar-refractivity contribution is 9.10. The fraction of sp³-hybridized carbons (Fsp3) is 0.300. The van der Waals surface area contributed by atoms with Gasteiger partial charge in [0.15, 0.2) is 0 Å². The molecule has 1 aromatic rings. The minimum atomic E-state index is -1.34. The van der Waals surface area contributed by atoms with E-state index in [1.54, 1.807) is 0 Å². The van der Waals surface area contributed by atoms with Crippen LogP contribution in [0.3, 0.4) is 0 Å². The number of primary amides is 1. The number of benzene rings is 1. The highest BCUT2D eigenvalue weighted by Crippen LogP contribution is 2.23. The zero-order valence-electron chi connectivity index (χ0n) is 8.23. The Morgan fingerprint density at radius 3 is 2.62 bits per heavy atom. The van der Waals surface area contributed by atoms with Crippen molar-refractivity contribution in [1.82, 2.24) is 0 Å². The van der Waals surface area contributed by atoms with E-state index in [-0.39, 0.29) is 16.5 Å². The number of halogens is 2. The molecular weight excluding hydrogens is 281 g/mol. The number of amides is 1. The molecule has 0 bridgehead atoms. The summed E-state index contributed by atoms with van der Waals surface area (Å²) in [5.74, 6) is -1.29. The quantitative estimate of drug-likeness (QED) is 0.769. The molecule has 0 saturated heterocycles. The van der Waals surface area contributed by atoms with Crippen molar-refractivity contribution >= 4 is 21.8 Å². The Labute approximate surface area is 100 Å². The average molecular weight is 292 g/mol. The van der Waals surface area contributed by atoms with Gasteiger partial charge in [-0.15, -0.1) is 0 Å². The third kappa shape index (κ3) is 3.26. The lowest BCUT2D eigenvalue weighted by molar-refractivity contribution is -0.121. The van der Waals surface area contributed by atoms with Gasteiger partial charge in [0.1, 0.15) is 11.9 Å². The van der Waals surface area contributed by atoms with Gasteiger partial charge in [-0.05, 0) is 33.6 Å². The monoisotopic (exact) mass is 291 g/mol. The minimum absolute atomic E-state index is 0.189. The summed E-state index contributed by atoms with van der Waals surface area (Å²) in [6.07, 6.45) is -3.05. The molecule has 0 spiro atoms. The van der Waals surface area contributed by atoms with Gasteiger partial charge in [-0.3, -0.25) is 4.79 Å². The maximum absolute atomic E-state index is 13.1. The molecule has 2 atom stereocenters. The molecule has 1 aromatic carbocycles. The second kappa shape index (κ2) is 5.38. The number of hydrogen-bond acceptors (Lipinski definition) is 3. The van der Waals surface area contributed by atoms with Crippen LogP contribution in [0, 0.1) is 5.82 Å². The lowest BCUT2D eigenvalue weighted by Gasteiger charge is -2.16. The van der Waals surface area contributed by atoms with Gasteiger partial charge in [-0.1, -0.05) is 6.07 Å². The van der Waals surface area contributed by atoms with Crippen molar-refractivity contribution in [2.75, 3.05) is 0 Å². The van der Waals surface area contributed by atoms with E-state index in [2.05, 4.69) is 15.9 Å². The van der Waals surface area contributed by atoms with Crippen molar-refractivity contribution in [3.8, 4) is 0 Å². The maximum Gasteiger partial charge on any atom is 0.220 e. The minimum Gasteiger partial charge on any atom is -0.390 e. The molecule has 16 heavy (non-hydrogen) atoms. The van der Waals surface area contributed by atoms with E-state index in [0.717, 1.165) is 6.07 Å². The van der Waals surface area contributed by atoms with Gasteiger partial charge in [0.05, 0.1) is 17.0 Å². The summed E-state index contributed by atoms with van der Waals surface area (Å²) in [7, 11) is 0. The Kier molecular flexibility index (Phi) is 4.40. The number of hydrogen-bond donors (Lipinski definition) is 3. The Balaban J connectivity index is 2.83. The second-order valence-corrected chi connectivity index (χ2v) is 4.21. The Morgan fingerprint density at radius 1 is 1.50 bits per heavy atom. The molecule has 0 radical (unpaired) electrons. The molecule has 4 N–H and O–H groups in total. The second-order valence-electron chi connectivity index (χ2n) is 3.36. The van der Waals surface area contributed by atoms with Crippen LogP contribution in [-0.2, 0) is 4.79 Å². The fourth-order valence-electron chi connectivity index (χ4n) is 1.24. The average Bonchev–Trinajstić information content (AvgIpc) is 2.20. The first-order valence-corrected chi connectivity index (χ1v) is 5.30. The van der Waals surface area contributed by atoms with Crippen molar-refractivity contribution in [1.29, 1.82) is 0 Å². The molecule has 4 nitrogen and oxygen atoms in total. The molecule has 0 aromatic heterocycles. The number of aliphatic hydroxyl groups is 2. The molecule has 88 valence electrons. The van der Waals surface area contributed by atoms with Gasteiger partial charge in [0, 0.05) is 0 Å². The Bertz CT molecular complexity index is 400. The van der Waals surface area contributed by atoms with Crippen molar-refractivity contribution in [3.63, 3.8) is 0 Å². The summed E-state index contributed by atoms with van der Waals surface area (Å²) in [6, 6.07) is 3.94. The zero-order valence-corrected chi connectivity index (χ0v) is 9.82. The van der Waals surface area contributed by atoms with Gasteiger partial charge < -0.3 is 15.9 Å². The number of carbonyl (C=O) groups is 1. The van der Waals surface area contributed by atoms with E-state index in [1.165, 1.54) is 12.1 Å². The van der Waals surface area contributed by atoms with Crippen LogP contribution >= 0.6 is 15.9 Å². The topological polar surface area (TPSA) is 83.6 Å². The molecule has 0 heterocycles. The van der Waals surface area contributed by atoms with E-state index in [0.29, 0.717) is 0 Å². The molecule has 1 amide bonds. The van der Waals surface area contributed by atoms with Gasteiger partial charge in [-0.25, -0.2) is 4.39 Å². The van der Waals surface area contributed by atoms with Crippen LogP contribution in [0.2, 0.25) is 0 Å². The summed E-state index contributed by atoms with van der Waals surface area (Å²) < 4.78 is 13.4. The third-order valence-corrected chi connectivity index (χ3v) is 2.70. The van der Waals surface area contributed by atoms with Crippen LogP contribution in [0.4, 0.5) is 4.39 Å². The normalized spacial score (nSPS) is 14.5. The molecule has 6 heteroatoms. The number of nitrogens with two attached hydrogens (primary N) is 1. The van der Waals surface area contributed by atoms with E-state index in [9.17, 15) is 19.4 Å². The summed E-state index contributed by atoms with van der Waals surface area (Å²) in [5, 5.41) is 19.0. The molecule has 2 unspecified atom stereocenters. The highest BCUT2D eigenvalue weighted by Gasteiger charge is 2.21. The molecule has 0 aliphatic rings. The van der Waals surface area contributed by atoms with Gasteiger partial charge in [0.2, 0.25) is 5.91 Å². The first-order chi connectivity index (χ1) is 7.41. The smallest absolute Gasteiger partial charge is 0.220 e. The lowest BCUT2D eigenvalue weighted by atomic mass is 10.0. The standard InChI is InChI=1S/C10H11BrFNO3/c11-6-2-1-5(3-7(6)12)10(16)8(14)4-9(13)15/h1-3,8,10,14,16H,4H2,(H2,13,15). The van der Waals surface area contributed by atoms with Gasteiger partial charge >= 0.3 is 0 Å². The maximum atomic E-state index is 13.1. The van der Waals surface area contributed by atoms with Crippen LogP contribution in [0.15, 0.2) is 22.7 Å². The van der Waals surface area contributed by atoms with E-state index < -0.39 is 23.9 Å².